The highest BCUT2D eigenvalue weighted by Crippen LogP contribution is 2.15. The molecule has 2 aromatic rings. The third-order valence-corrected chi connectivity index (χ3v) is 2.96. The average Bonchev–Trinajstić information content (AvgIpc) is 2.73. The van der Waals surface area contributed by atoms with Gasteiger partial charge < -0.3 is 14.8 Å². The fourth-order valence-corrected chi connectivity index (χ4v) is 1.91. The van der Waals surface area contributed by atoms with Gasteiger partial charge in [-0.3, -0.25) is 0 Å². The van der Waals surface area contributed by atoms with Gasteiger partial charge >= 0.3 is 5.97 Å². The van der Waals surface area contributed by atoms with E-state index < -0.39 is 5.97 Å². The lowest BCUT2D eigenvalue weighted by Crippen LogP contribution is -2.12. The molecular weight excluding hydrogens is 266 g/mol. The molecule has 5 heteroatoms. The van der Waals surface area contributed by atoms with Crippen LogP contribution in [-0.4, -0.2) is 11.1 Å². The molecule has 0 aliphatic heterocycles. The molecule has 1 aromatic heterocycles. The van der Waals surface area contributed by atoms with Gasteiger partial charge in [-0.15, -0.1) is 0 Å². The van der Waals surface area contributed by atoms with Gasteiger partial charge in [0.2, 0.25) is 5.76 Å². The molecule has 1 aromatic carbocycles. The molecule has 2 rings (SSSR count). The van der Waals surface area contributed by atoms with Crippen LogP contribution in [0.4, 0.5) is 0 Å². The molecule has 0 spiro atoms. The summed E-state index contributed by atoms with van der Waals surface area (Å²) >= 11 is 5.80. The number of carbonyl (C=O) groups is 1. The van der Waals surface area contributed by atoms with Crippen molar-refractivity contribution >= 4 is 17.6 Å². The Morgan fingerprint density at radius 1 is 1.32 bits per heavy atom. The molecule has 0 saturated carbocycles. The number of carboxylic acids is 1. The molecule has 0 bridgehead atoms. The summed E-state index contributed by atoms with van der Waals surface area (Å²) in [6.45, 7) is 2.87. The van der Waals surface area contributed by atoms with Crippen LogP contribution in [0.25, 0.3) is 0 Å². The summed E-state index contributed by atoms with van der Waals surface area (Å²) < 4.78 is 5.25. The molecule has 100 valence electrons. The topological polar surface area (TPSA) is 62.5 Å². The van der Waals surface area contributed by atoms with Gasteiger partial charge in [0.05, 0.1) is 6.54 Å². The summed E-state index contributed by atoms with van der Waals surface area (Å²) in [5.74, 6) is -0.423. The van der Waals surface area contributed by atoms with E-state index in [-0.39, 0.29) is 5.76 Å². The smallest absolute Gasteiger partial charge is 0.372 e. The van der Waals surface area contributed by atoms with Gasteiger partial charge in [-0.2, -0.15) is 0 Å². The SMILES string of the molecule is Cc1cc(CNCc2ccc(Cl)cc2)oc1C(=O)O. The van der Waals surface area contributed by atoms with Crippen molar-refractivity contribution in [3.63, 3.8) is 0 Å². The third-order valence-electron chi connectivity index (χ3n) is 2.70. The number of carboxylic acid groups (broad SMARTS) is 1. The van der Waals surface area contributed by atoms with Crippen molar-refractivity contribution in [1.82, 2.24) is 5.32 Å². The maximum Gasteiger partial charge on any atom is 0.372 e. The van der Waals surface area contributed by atoms with Crippen LogP contribution in [0, 0.1) is 6.92 Å². The van der Waals surface area contributed by atoms with E-state index in [1.165, 1.54) is 0 Å². The molecule has 0 atom stereocenters. The second kappa shape index (κ2) is 5.91. The van der Waals surface area contributed by atoms with Crippen LogP contribution in [0.3, 0.4) is 0 Å². The molecule has 19 heavy (non-hydrogen) atoms. The number of halogens is 1. The lowest BCUT2D eigenvalue weighted by atomic mass is 10.2. The van der Waals surface area contributed by atoms with Crippen LogP contribution in [-0.2, 0) is 13.1 Å². The Bertz CT molecular complexity index is 575. The van der Waals surface area contributed by atoms with Gasteiger partial charge in [0.25, 0.3) is 0 Å². The molecule has 0 radical (unpaired) electrons. The largest absolute Gasteiger partial charge is 0.475 e. The lowest BCUT2D eigenvalue weighted by Gasteiger charge is -2.03. The number of aryl methyl sites for hydroxylation is 1. The molecule has 4 nitrogen and oxygen atoms in total. The predicted molar refractivity (Wildman–Crippen MR) is 72.4 cm³/mol. The van der Waals surface area contributed by atoms with Crippen molar-refractivity contribution in [3.05, 3.63) is 58.0 Å². The predicted octanol–water partition coefficient (Wildman–Crippen LogP) is 3.23. The first-order valence-electron chi connectivity index (χ1n) is 5.84. The minimum atomic E-state index is -1.04. The van der Waals surface area contributed by atoms with E-state index in [2.05, 4.69) is 5.32 Å². The zero-order valence-corrected chi connectivity index (χ0v) is 11.2. The van der Waals surface area contributed by atoms with Crippen LogP contribution in [0.2, 0.25) is 5.02 Å². The Hall–Kier alpha value is -1.78. The van der Waals surface area contributed by atoms with E-state index in [1.807, 2.05) is 24.3 Å². The highest BCUT2D eigenvalue weighted by molar-refractivity contribution is 6.30. The number of hydrogen-bond donors (Lipinski definition) is 2. The number of rotatable bonds is 5. The van der Waals surface area contributed by atoms with E-state index in [0.717, 1.165) is 5.56 Å². The van der Waals surface area contributed by atoms with E-state index in [1.54, 1.807) is 13.0 Å². The molecule has 0 saturated heterocycles. The zero-order valence-electron chi connectivity index (χ0n) is 10.4. The summed E-state index contributed by atoms with van der Waals surface area (Å²) in [7, 11) is 0. The van der Waals surface area contributed by atoms with Crippen molar-refractivity contribution in [2.45, 2.75) is 20.0 Å². The third kappa shape index (κ3) is 3.59. The van der Waals surface area contributed by atoms with Gasteiger partial charge in [-0.1, -0.05) is 23.7 Å². The van der Waals surface area contributed by atoms with E-state index in [4.69, 9.17) is 21.1 Å². The minimum Gasteiger partial charge on any atom is -0.475 e. The summed E-state index contributed by atoms with van der Waals surface area (Å²) in [5.41, 5.74) is 1.74. The summed E-state index contributed by atoms with van der Waals surface area (Å²) in [6.07, 6.45) is 0. The normalized spacial score (nSPS) is 10.6. The monoisotopic (exact) mass is 279 g/mol. The minimum absolute atomic E-state index is 0.00305. The molecule has 0 fully saturated rings. The molecule has 0 aliphatic carbocycles. The summed E-state index contributed by atoms with van der Waals surface area (Å²) in [4.78, 5) is 10.8. The standard InChI is InChI=1S/C14H14ClNO3/c1-9-6-12(19-13(9)14(17)18)8-16-7-10-2-4-11(15)5-3-10/h2-6,16H,7-8H2,1H3,(H,17,18). The molecule has 1 heterocycles. The number of hydrogen-bond acceptors (Lipinski definition) is 3. The van der Waals surface area contributed by atoms with E-state index in [0.29, 0.717) is 29.4 Å². The highest BCUT2D eigenvalue weighted by atomic mass is 35.5. The van der Waals surface area contributed by atoms with Gasteiger partial charge in [-0.05, 0) is 30.7 Å². The van der Waals surface area contributed by atoms with Crippen LogP contribution in [0.15, 0.2) is 34.7 Å². The Morgan fingerprint density at radius 3 is 2.58 bits per heavy atom. The van der Waals surface area contributed by atoms with E-state index >= 15 is 0 Å². The number of furan rings is 1. The van der Waals surface area contributed by atoms with Gasteiger partial charge in [0.1, 0.15) is 5.76 Å². The Labute approximate surface area is 116 Å². The maximum absolute atomic E-state index is 10.8. The Balaban J connectivity index is 1.90. The number of benzene rings is 1. The van der Waals surface area contributed by atoms with Crippen LogP contribution < -0.4 is 5.32 Å². The van der Waals surface area contributed by atoms with Crippen molar-refractivity contribution in [1.29, 1.82) is 0 Å². The second-order valence-corrected chi connectivity index (χ2v) is 4.70. The highest BCUT2D eigenvalue weighted by Gasteiger charge is 2.13. The first kappa shape index (κ1) is 13.6. The summed E-state index contributed by atoms with van der Waals surface area (Å²) in [6, 6.07) is 9.27. The van der Waals surface area contributed by atoms with Crippen LogP contribution in [0.1, 0.15) is 27.4 Å². The van der Waals surface area contributed by atoms with E-state index in [9.17, 15) is 4.79 Å². The number of aromatic carboxylic acids is 1. The molecular formula is C14H14ClNO3. The van der Waals surface area contributed by atoms with Crippen LogP contribution >= 0.6 is 11.6 Å². The molecule has 0 unspecified atom stereocenters. The van der Waals surface area contributed by atoms with Crippen molar-refractivity contribution in [3.8, 4) is 0 Å². The van der Waals surface area contributed by atoms with Crippen LogP contribution in [0.5, 0.6) is 0 Å². The number of nitrogens with one attached hydrogen (secondary N) is 1. The average molecular weight is 280 g/mol. The maximum atomic E-state index is 10.8. The molecule has 0 aliphatic rings. The zero-order chi connectivity index (χ0) is 13.8. The summed E-state index contributed by atoms with van der Waals surface area (Å²) in [5, 5.41) is 12.8. The Kier molecular flexibility index (Phi) is 4.24. The van der Waals surface area contributed by atoms with Crippen molar-refractivity contribution in [2.24, 2.45) is 0 Å². The van der Waals surface area contributed by atoms with Gasteiger partial charge in [-0.25, -0.2) is 4.79 Å². The van der Waals surface area contributed by atoms with Gasteiger partial charge in [0.15, 0.2) is 0 Å². The fourth-order valence-electron chi connectivity index (χ4n) is 1.78. The van der Waals surface area contributed by atoms with Crippen molar-refractivity contribution in [2.75, 3.05) is 0 Å². The Morgan fingerprint density at radius 2 is 2.00 bits per heavy atom. The first-order valence-corrected chi connectivity index (χ1v) is 6.22. The quantitative estimate of drug-likeness (QED) is 0.882. The molecule has 2 N–H and O–H groups in total. The fraction of sp³-hybridized carbons (Fsp3) is 0.214. The first-order chi connectivity index (χ1) is 9.06. The lowest BCUT2D eigenvalue weighted by molar-refractivity contribution is 0.0659. The molecule has 0 amide bonds. The van der Waals surface area contributed by atoms with Gasteiger partial charge in [0, 0.05) is 17.1 Å². The second-order valence-electron chi connectivity index (χ2n) is 4.26. The van der Waals surface area contributed by atoms with Crippen molar-refractivity contribution < 1.29 is 14.3 Å².